The lowest BCUT2D eigenvalue weighted by molar-refractivity contribution is -0.0683. The maximum absolute atomic E-state index is 13.0. The van der Waals surface area contributed by atoms with Crippen LogP contribution in [0, 0.1) is 19.3 Å². The summed E-state index contributed by atoms with van der Waals surface area (Å²) >= 11 is 0. The van der Waals surface area contributed by atoms with Gasteiger partial charge in [0.05, 0.1) is 44.2 Å². The van der Waals surface area contributed by atoms with Gasteiger partial charge < -0.3 is 18.1 Å². The van der Waals surface area contributed by atoms with Gasteiger partial charge in [-0.3, -0.25) is 9.13 Å². The molecular formula is C23H30O6P2. The van der Waals surface area contributed by atoms with Gasteiger partial charge in [0.15, 0.2) is 0 Å². The fraction of sp³-hybridized carbons (Fsp3) is 0.478. The Labute approximate surface area is 184 Å². The molecule has 2 fully saturated rings. The van der Waals surface area contributed by atoms with E-state index in [1.807, 2.05) is 50.2 Å². The van der Waals surface area contributed by atoms with E-state index in [0.717, 1.165) is 11.1 Å². The van der Waals surface area contributed by atoms with Crippen LogP contribution in [0.4, 0.5) is 0 Å². The predicted octanol–water partition coefficient (Wildman–Crippen LogP) is 5.55. The third kappa shape index (κ3) is 5.96. The van der Waals surface area contributed by atoms with Crippen molar-refractivity contribution in [3.05, 3.63) is 70.8 Å². The summed E-state index contributed by atoms with van der Waals surface area (Å²) in [6.07, 6.45) is 1.94. The number of hydrogen-bond donors (Lipinski definition) is 0. The zero-order valence-corrected chi connectivity index (χ0v) is 19.9. The average Bonchev–Trinajstić information content (AvgIpc) is 2.76. The molecule has 0 saturated carbocycles. The number of hydrogen-bond acceptors (Lipinski definition) is 6. The van der Waals surface area contributed by atoms with Crippen LogP contribution in [0.5, 0.6) is 0 Å². The van der Waals surface area contributed by atoms with E-state index in [2.05, 4.69) is 12.1 Å². The summed E-state index contributed by atoms with van der Waals surface area (Å²) in [4.78, 5) is 0. The number of benzene rings is 2. The Morgan fingerprint density at radius 1 is 0.710 bits per heavy atom. The molecule has 0 N–H and O–H groups in total. The van der Waals surface area contributed by atoms with Crippen molar-refractivity contribution in [2.24, 2.45) is 5.41 Å². The molecule has 6 nitrogen and oxygen atoms in total. The van der Waals surface area contributed by atoms with Crippen molar-refractivity contribution in [2.45, 2.75) is 26.7 Å². The highest BCUT2D eigenvalue weighted by molar-refractivity contribution is 7.54. The minimum absolute atomic E-state index is 0.218. The first-order valence-electron chi connectivity index (χ1n) is 10.6. The van der Waals surface area contributed by atoms with Crippen LogP contribution in [-0.2, 0) is 40.1 Å². The molecule has 0 amide bonds. The normalized spacial score (nSPS) is 31.0. The van der Waals surface area contributed by atoms with Crippen molar-refractivity contribution in [3.8, 4) is 0 Å². The first-order chi connectivity index (χ1) is 14.8. The molecule has 4 rings (SSSR count). The van der Waals surface area contributed by atoms with Crippen LogP contribution < -0.4 is 0 Å². The van der Waals surface area contributed by atoms with E-state index in [9.17, 15) is 9.13 Å². The summed E-state index contributed by atoms with van der Waals surface area (Å²) in [5.41, 5.74) is 4.00. The Bertz CT molecular complexity index is 912. The lowest BCUT2D eigenvalue weighted by Crippen LogP contribution is -2.46. The van der Waals surface area contributed by atoms with Crippen LogP contribution in [0.3, 0.4) is 0 Å². The quantitative estimate of drug-likeness (QED) is 0.522. The zero-order chi connectivity index (χ0) is 22.0. The minimum atomic E-state index is -3.16. The van der Waals surface area contributed by atoms with Gasteiger partial charge in [-0.1, -0.05) is 59.7 Å². The molecular weight excluding hydrogens is 434 g/mol. The highest BCUT2D eigenvalue weighted by Crippen LogP contribution is 2.59. The SMILES string of the molecule is Cc1cccc(CCP2(=O)OCC3(CO2)COP(=O)(CCc2cccc(C)c2)OC3)c1. The molecule has 2 aliphatic heterocycles. The van der Waals surface area contributed by atoms with Crippen LogP contribution in [-0.4, -0.2) is 38.8 Å². The van der Waals surface area contributed by atoms with Gasteiger partial charge in [0.25, 0.3) is 0 Å². The summed E-state index contributed by atoms with van der Waals surface area (Å²) in [5, 5.41) is 0. The van der Waals surface area contributed by atoms with Gasteiger partial charge in [-0.15, -0.1) is 0 Å². The van der Waals surface area contributed by atoms with Crippen molar-refractivity contribution >= 4 is 15.2 Å². The van der Waals surface area contributed by atoms with E-state index in [0.29, 0.717) is 25.2 Å². The van der Waals surface area contributed by atoms with Crippen LogP contribution in [0.1, 0.15) is 22.3 Å². The minimum Gasteiger partial charge on any atom is -0.308 e. The zero-order valence-electron chi connectivity index (χ0n) is 18.1. The van der Waals surface area contributed by atoms with Crippen LogP contribution in [0.2, 0.25) is 0 Å². The van der Waals surface area contributed by atoms with Crippen molar-refractivity contribution in [1.29, 1.82) is 0 Å². The second kappa shape index (κ2) is 9.31. The molecule has 0 radical (unpaired) electrons. The standard InChI is InChI=1S/C23H30O6P2/c1-19-5-3-7-21(13-19)9-11-30(24)26-15-23(16-27-30)17-28-31(25,29-18-23)12-10-22-8-4-6-20(2)14-22/h3-8,13-14H,9-12,15-18H2,1-2H3. The van der Waals surface area contributed by atoms with Crippen LogP contribution >= 0.6 is 15.2 Å². The molecule has 2 heterocycles. The summed E-state index contributed by atoms with van der Waals surface area (Å²) in [6, 6.07) is 16.2. The van der Waals surface area contributed by atoms with Gasteiger partial charge in [0.2, 0.25) is 0 Å². The maximum atomic E-state index is 13.0. The molecule has 0 bridgehead atoms. The van der Waals surface area contributed by atoms with Gasteiger partial charge in [-0.05, 0) is 37.8 Å². The Kier molecular flexibility index (Phi) is 6.88. The Morgan fingerprint density at radius 2 is 1.10 bits per heavy atom. The average molecular weight is 464 g/mol. The topological polar surface area (TPSA) is 71.1 Å². The van der Waals surface area contributed by atoms with E-state index in [1.54, 1.807) is 0 Å². The molecule has 0 unspecified atom stereocenters. The molecule has 0 aromatic heterocycles. The van der Waals surface area contributed by atoms with Gasteiger partial charge in [0.1, 0.15) is 0 Å². The molecule has 2 aromatic rings. The van der Waals surface area contributed by atoms with Gasteiger partial charge in [-0.25, -0.2) is 0 Å². The van der Waals surface area contributed by atoms with E-state index >= 15 is 0 Å². The molecule has 2 saturated heterocycles. The third-order valence-electron chi connectivity index (χ3n) is 5.78. The molecule has 0 aliphatic carbocycles. The molecule has 168 valence electrons. The summed E-state index contributed by atoms with van der Waals surface area (Å²) < 4.78 is 48.7. The van der Waals surface area contributed by atoms with Gasteiger partial charge >= 0.3 is 15.2 Å². The second-order valence-corrected chi connectivity index (χ2v) is 13.1. The van der Waals surface area contributed by atoms with Crippen molar-refractivity contribution in [2.75, 3.05) is 38.8 Å². The van der Waals surface area contributed by atoms with Crippen molar-refractivity contribution < 1.29 is 27.2 Å². The molecule has 0 atom stereocenters. The highest BCUT2D eigenvalue weighted by atomic mass is 31.2. The molecule has 31 heavy (non-hydrogen) atoms. The predicted molar refractivity (Wildman–Crippen MR) is 121 cm³/mol. The Balaban J connectivity index is 1.27. The molecule has 2 aliphatic rings. The lowest BCUT2D eigenvalue weighted by Gasteiger charge is -2.43. The summed E-state index contributed by atoms with van der Waals surface area (Å²) in [7, 11) is -6.31. The van der Waals surface area contributed by atoms with Crippen molar-refractivity contribution in [1.82, 2.24) is 0 Å². The first kappa shape index (κ1) is 22.9. The van der Waals surface area contributed by atoms with E-state index in [1.165, 1.54) is 11.1 Å². The monoisotopic (exact) mass is 464 g/mol. The Morgan fingerprint density at radius 3 is 1.45 bits per heavy atom. The van der Waals surface area contributed by atoms with E-state index in [-0.39, 0.29) is 26.4 Å². The van der Waals surface area contributed by atoms with Crippen LogP contribution in [0.25, 0.3) is 0 Å². The van der Waals surface area contributed by atoms with E-state index in [4.69, 9.17) is 18.1 Å². The first-order valence-corrected chi connectivity index (χ1v) is 14.1. The fourth-order valence-electron chi connectivity index (χ4n) is 3.79. The summed E-state index contributed by atoms with van der Waals surface area (Å²) in [6.45, 7) is 4.94. The number of aryl methyl sites for hydroxylation is 4. The summed E-state index contributed by atoms with van der Waals surface area (Å²) in [5.74, 6) is 0. The molecule has 2 aromatic carbocycles. The lowest BCUT2D eigenvalue weighted by atomic mass is 9.93. The number of rotatable bonds is 6. The third-order valence-corrected chi connectivity index (χ3v) is 9.42. The van der Waals surface area contributed by atoms with Gasteiger partial charge in [-0.2, -0.15) is 0 Å². The smallest absolute Gasteiger partial charge is 0.308 e. The fourth-order valence-corrected chi connectivity index (χ4v) is 7.40. The Hall–Kier alpha value is -1.26. The van der Waals surface area contributed by atoms with Crippen molar-refractivity contribution in [3.63, 3.8) is 0 Å². The second-order valence-electron chi connectivity index (χ2n) is 8.74. The van der Waals surface area contributed by atoms with E-state index < -0.39 is 20.6 Å². The molecule has 8 heteroatoms. The highest BCUT2D eigenvalue weighted by Gasteiger charge is 2.48. The maximum Gasteiger partial charge on any atom is 0.331 e. The van der Waals surface area contributed by atoms with Crippen LogP contribution in [0.15, 0.2) is 48.5 Å². The van der Waals surface area contributed by atoms with Gasteiger partial charge in [0, 0.05) is 0 Å². The largest absolute Gasteiger partial charge is 0.331 e. The molecule has 1 spiro atoms.